The number of hydrogen-bond acceptors (Lipinski definition) is 3. The zero-order chi connectivity index (χ0) is 25.1. The number of hydrogen-bond donors (Lipinski definition) is 1. The first kappa shape index (κ1) is 23.4. The number of imidazole rings is 1. The van der Waals surface area contributed by atoms with E-state index in [1.54, 1.807) is 7.11 Å². The van der Waals surface area contributed by atoms with E-state index in [-0.39, 0.29) is 11.9 Å². The van der Waals surface area contributed by atoms with Crippen LogP contribution in [0.2, 0.25) is 0 Å². The lowest BCUT2D eigenvalue weighted by Crippen LogP contribution is -2.29. The molecular formula is C31H29N3O2. The van der Waals surface area contributed by atoms with Gasteiger partial charge >= 0.3 is 0 Å². The van der Waals surface area contributed by atoms with Crippen molar-refractivity contribution in [3.63, 3.8) is 0 Å². The largest absolute Gasteiger partial charge is 0.497 e. The Labute approximate surface area is 211 Å². The van der Waals surface area contributed by atoms with E-state index < -0.39 is 0 Å². The van der Waals surface area contributed by atoms with Crippen molar-refractivity contribution >= 4 is 16.7 Å². The van der Waals surface area contributed by atoms with Crippen LogP contribution in [0, 0.1) is 0 Å². The SMILES string of the molecule is CCn1c(-c2ccccc2)nc(-c2ccc3ccccc3c2)c1C(=O)N[C@@H](C)c1cccc(OC)c1. The normalized spacial score (nSPS) is 11.9. The Morgan fingerprint density at radius 2 is 1.64 bits per heavy atom. The molecule has 4 aromatic carbocycles. The van der Waals surface area contributed by atoms with Crippen molar-refractivity contribution in [1.82, 2.24) is 14.9 Å². The number of carbonyl (C=O) groups excluding carboxylic acids is 1. The van der Waals surface area contributed by atoms with Crippen molar-refractivity contribution in [3.05, 3.63) is 108 Å². The molecule has 1 aromatic heterocycles. The maximum Gasteiger partial charge on any atom is 0.270 e. The number of nitrogens with zero attached hydrogens (tertiary/aromatic N) is 2. The Morgan fingerprint density at radius 1 is 0.889 bits per heavy atom. The molecule has 0 spiro atoms. The molecule has 5 rings (SSSR count). The van der Waals surface area contributed by atoms with Crippen LogP contribution in [0.3, 0.4) is 0 Å². The van der Waals surface area contributed by atoms with E-state index in [4.69, 9.17) is 9.72 Å². The highest BCUT2D eigenvalue weighted by Gasteiger charge is 2.25. The second-order valence-electron chi connectivity index (χ2n) is 8.78. The molecule has 0 aliphatic carbocycles. The number of aromatic nitrogens is 2. The molecular weight excluding hydrogens is 446 g/mol. The fraction of sp³-hybridized carbons (Fsp3) is 0.161. The van der Waals surface area contributed by atoms with Gasteiger partial charge in [0.15, 0.2) is 0 Å². The predicted molar refractivity (Wildman–Crippen MR) is 145 cm³/mol. The van der Waals surface area contributed by atoms with Crippen LogP contribution in [0.25, 0.3) is 33.4 Å². The van der Waals surface area contributed by atoms with Gasteiger partial charge in [-0.25, -0.2) is 4.98 Å². The summed E-state index contributed by atoms with van der Waals surface area (Å²) in [6, 6.07) is 32.0. The van der Waals surface area contributed by atoms with Gasteiger partial charge in [-0.3, -0.25) is 4.79 Å². The molecule has 1 heterocycles. The van der Waals surface area contributed by atoms with E-state index >= 15 is 0 Å². The number of benzene rings is 4. The molecule has 0 unspecified atom stereocenters. The van der Waals surface area contributed by atoms with Crippen LogP contribution in [0.15, 0.2) is 97.1 Å². The second kappa shape index (κ2) is 10.1. The van der Waals surface area contributed by atoms with E-state index in [1.165, 1.54) is 0 Å². The van der Waals surface area contributed by atoms with Crippen molar-refractivity contribution in [2.24, 2.45) is 0 Å². The molecule has 5 nitrogen and oxygen atoms in total. The summed E-state index contributed by atoms with van der Waals surface area (Å²) in [6.07, 6.45) is 0. The molecule has 5 heteroatoms. The lowest BCUT2D eigenvalue weighted by atomic mass is 10.0. The highest BCUT2D eigenvalue weighted by molar-refractivity contribution is 6.01. The van der Waals surface area contributed by atoms with Gasteiger partial charge in [0.2, 0.25) is 0 Å². The summed E-state index contributed by atoms with van der Waals surface area (Å²) in [5.74, 6) is 1.38. The molecule has 0 saturated heterocycles. The first-order valence-electron chi connectivity index (χ1n) is 12.2. The van der Waals surface area contributed by atoms with Gasteiger partial charge < -0.3 is 14.6 Å². The van der Waals surface area contributed by atoms with Crippen molar-refractivity contribution < 1.29 is 9.53 Å². The van der Waals surface area contributed by atoms with Gasteiger partial charge in [0.25, 0.3) is 5.91 Å². The fourth-order valence-electron chi connectivity index (χ4n) is 4.60. The molecule has 0 aliphatic heterocycles. The summed E-state index contributed by atoms with van der Waals surface area (Å²) in [4.78, 5) is 18.9. The van der Waals surface area contributed by atoms with Crippen molar-refractivity contribution in [2.75, 3.05) is 7.11 Å². The second-order valence-corrected chi connectivity index (χ2v) is 8.78. The van der Waals surface area contributed by atoms with Gasteiger partial charge in [-0.05, 0) is 48.4 Å². The minimum absolute atomic E-state index is 0.162. The number of methoxy groups -OCH3 is 1. The Balaban J connectivity index is 1.62. The smallest absolute Gasteiger partial charge is 0.270 e. The van der Waals surface area contributed by atoms with E-state index in [1.807, 2.05) is 91.2 Å². The highest BCUT2D eigenvalue weighted by atomic mass is 16.5. The van der Waals surface area contributed by atoms with E-state index in [2.05, 4.69) is 29.6 Å². The molecule has 0 radical (unpaired) electrons. The molecule has 0 saturated carbocycles. The molecule has 36 heavy (non-hydrogen) atoms. The Hall–Kier alpha value is -4.38. The monoisotopic (exact) mass is 475 g/mol. The molecule has 0 aliphatic rings. The molecule has 0 bridgehead atoms. The Bertz CT molecular complexity index is 1520. The maximum atomic E-state index is 13.9. The van der Waals surface area contributed by atoms with Crippen molar-refractivity contribution in [3.8, 4) is 28.4 Å². The average molecular weight is 476 g/mol. The number of amides is 1. The summed E-state index contributed by atoms with van der Waals surface area (Å²) in [7, 11) is 1.64. The lowest BCUT2D eigenvalue weighted by Gasteiger charge is -2.17. The molecule has 1 atom stereocenters. The van der Waals surface area contributed by atoms with Gasteiger partial charge in [0.05, 0.1) is 13.2 Å². The summed E-state index contributed by atoms with van der Waals surface area (Å²) in [6.45, 7) is 4.63. The van der Waals surface area contributed by atoms with Crippen molar-refractivity contribution in [2.45, 2.75) is 26.4 Å². The average Bonchev–Trinajstić information content (AvgIpc) is 3.33. The van der Waals surface area contributed by atoms with E-state index in [0.29, 0.717) is 17.9 Å². The third-order valence-corrected chi connectivity index (χ3v) is 6.50. The van der Waals surface area contributed by atoms with Crippen LogP contribution >= 0.6 is 0 Å². The van der Waals surface area contributed by atoms with Gasteiger partial charge in [-0.2, -0.15) is 0 Å². The third-order valence-electron chi connectivity index (χ3n) is 6.50. The molecule has 1 N–H and O–H groups in total. The zero-order valence-electron chi connectivity index (χ0n) is 20.7. The topological polar surface area (TPSA) is 56.2 Å². The first-order valence-corrected chi connectivity index (χ1v) is 12.2. The summed E-state index contributed by atoms with van der Waals surface area (Å²) >= 11 is 0. The Morgan fingerprint density at radius 3 is 2.39 bits per heavy atom. The number of ether oxygens (including phenoxy) is 1. The predicted octanol–water partition coefficient (Wildman–Crippen LogP) is 6.89. The van der Waals surface area contributed by atoms with Crippen molar-refractivity contribution in [1.29, 1.82) is 0 Å². The molecule has 180 valence electrons. The van der Waals surface area contributed by atoms with Crippen LogP contribution in [-0.2, 0) is 6.54 Å². The number of nitrogens with one attached hydrogen (secondary N) is 1. The van der Waals surface area contributed by atoms with Crippen LogP contribution < -0.4 is 10.1 Å². The van der Waals surface area contributed by atoms with Gasteiger partial charge in [-0.15, -0.1) is 0 Å². The number of rotatable bonds is 7. The maximum absolute atomic E-state index is 13.9. The number of fused-ring (bicyclic) bond motifs is 1. The number of carbonyl (C=O) groups is 1. The van der Waals surface area contributed by atoms with E-state index in [9.17, 15) is 4.79 Å². The minimum Gasteiger partial charge on any atom is -0.497 e. The van der Waals surface area contributed by atoms with Gasteiger partial charge in [0, 0.05) is 17.7 Å². The standard InChI is InChI=1S/C31H29N3O2/c1-4-34-29(31(35)32-21(2)24-15-10-16-27(20-24)36-3)28(33-30(34)23-12-6-5-7-13-23)26-18-17-22-11-8-9-14-25(22)19-26/h5-21H,4H2,1-3H3,(H,32,35)/t21-/m0/s1. The van der Waals surface area contributed by atoms with Gasteiger partial charge in [-0.1, -0.05) is 78.9 Å². The molecule has 5 aromatic rings. The van der Waals surface area contributed by atoms with Crippen LogP contribution in [0.4, 0.5) is 0 Å². The van der Waals surface area contributed by atoms with Crippen LogP contribution in [0.1, 0.15) is 35.9 Å². The minimum atomic E-state index is -0.211. The van der Waals surface area contributed by atoms with Crippen LogP contribution in [0.5, 0.6) is 5.75 Å². The summed E-state index contributed by atoms with van der Waals surface area (Å²) < 4.78 is 7.38. The Kier molecular flexibility index (Phi) is 6.54. The van der Waals surface area contributed by atoms with Gasteiger partial charge in [0.1, 0.15) is 23.0 Å². The van der Waals surface area contributed by atoms with Crippen LogP contribution in [-0.4, -0.2) is 22.6 Å². The third kappa shape index (κ3) is 4.48. The highest BCUT2D eigenvalue weighted by Crippen LogP contribution is 2.32. The van der Waals surface area contributed by atoms with E-state index in [0.717, 1.165) is 39.0 Å². The summed E-state index contributed by atoms with van der Waals surface area (Å²) in [5.41, 5.74) is 4.09. The first-order chi connectivity index (χ1) is 17.6. The quantitative estimate of drug-likeness (QED) is 0.279. The lowest BCUT2D eigenvalue weighted by molar-refractivity contribution is 0.0931. The fourth-order valence-corrected chi connectivity index (χ4v) is 4.60. The summed E-state index contributed by atoms with van der Waals surface area (Å²) in [5, 5.41) is 5.46. The molecule has 0 fully saturated rings. The zero-order valence-corrected chi connectivity index (χ0v) is 20.7. The molecule has 1 amide bonds.